The van der Waals surface area contributed by atoms with Crippen molar-refractivity contribution in [3.8, 4) is 0 Å². The molecule has 1 unspecified atom stereocenters. The van der Waals surface area contributed by atoms with Crippen LogP contribution in [0.4, 0.5) is 0 Å². The van der Waals surface area contributed by atoms with E-state index in [-0.39, 0.29) is 6.61 Å². The first-order valence-electron chi connectivity index (χ1n) is 4.67. The van der Waals surface area contributed by atoms with Gasteiger partial charge in [0.05, 0.1) is 12.7 Å². The van der Waals surface area contributed by atoms with Crippen molar-refractivity contribution < 1.29 is 9.84 Å². The molecule has 0 amide bonds. The molecule has 0 aromatic carbocycles. The van der Waals surface area contributed by atoms with Gasteiger partial charge in [0.1, 0.15) is 0 Å². The minimum atomic E-state index is 0.283. The van der Waals surface area contributed by atoms with Gasteiger partial charge in [-0.05, 0) is 12.8 Å². The number of hydrogen-bond donors (Lipinski definition) is 1. The Bertz CT molecular complexity index is 130. The highest BCUT2D eigenvalue weighted by Gasteiger charge is 2.17. The summed E-state index contributed by atoms with van der Waals surface area (Å²) in [7, 11) is 0. The van der Waals surface area contributed by atoms with Crippen LogP contribution in [-0.2, 0) is 4.74 Å². The number of rotatable bonds is 3. The molecule has 72 valence electrons. The summed E-state index contributed by atoms with van der Waals surface area (Å²) in [6.45, 7) is 8.28. The van der Waals surface area contributed by atoms with Gasteiger partial charge < -0.3 is 9.84 Å². The van der Waals surface area contributed by atoms with Gasteiger partial charge >= 0.3 is 0 Å². The Morgan fingerprint density at radius 1 is 1.67 bits per heavy atom. The molecule has 3 nitrogen and oxygen atoms in total. The first-order chi connectivity index (χ1) is 5.72. The van der Waals surface area contributed by atoms with Crippen molar-refractivity contribution in [3.05, 3.63) is 0 Å². The molecule has 1 aliphatic heterocycles. The van der Waals surface area contributed by atoms with E-state index in [2.05, 4.69) is 18.7 Å². The fourth-order valence-electron chi connectivity index (χ4n) is 1.55. The van der Waals surface area contributed by atoms with Crippen LogP contribution in [-0.4, -0.2) is 49.0 Å². The molecule has 0 spiro atoms. The Morgan fingerprint density at radius 2 is 2.42 bits per heavy atom. The number of nitrogens with zero attached hydrogens (tertiary/aromatic N) is 1. The second-order valence-electron chi connectivity index (χ2n) is 3.73. The van der Waals surface area contributed by atoms with Crippen LogP contribution in [0, 0.1) is 5.92 Å². The van der Waals surface area contributed by atoms with Crippen molar-refractivity contribution in [3.63, 3.8) is 0 Å². The second-order valence-corrected chi connectivity index (χ2v) is 3.73. The topological polar surface area (TPSA) is 32.7 Å². The normalized spacial score (nSPS) is 28.8. The summed E-state index contributed by atoms with van der Waals surface area (Å²) in [6, 6.07) is 0. The summed E-state index contributed by atoms with van der Waals surface area (Å²) in [5.41, 5.74) is 0. The van der Waals surface area contributed by atoms with Crippen molar-refractivity contribution in [1.82, 2.24) is 4.90 Å². The predicted octanol–water partition coefficient (Wildman–Crippen LogP) is 0.335. The first-order valence-corrected chi connectivity index (χ1v) is 4.67. The van der Waals surface area contributed by atoms with Crippen LogP contribution in [0.15, 0.2) is 0 Å². The Balaban J connectivity index is 2.22. The van der Waals surface area contributed by atoms with Crippen LogP contribution >= 0.6 is 0 Å². The highest BCUT2D eigenvalue weighted by Crippen LogP contribution is 2.06. The van der Waals surface area contributed by atoms with Gasteiger partial charge in [-0.2, -0.15) is 0 Å². The molecule has 2 atom stereocenters. The van der Waals surface area contributed by atoms with E-state index in [0.717, 1.165) is 26.2 Å². The SMILES string of the molecule is CC(CO)CN1CCO[C@@H](C)C1. The third-order valence-corrected chi connectivity index (χ3v) is 2.21. The molecule has 0 aromatic heterocycles. The average Bonchev–Trinajstić information content (AvgIpc) is 2.04. The highest BCUT2D eigenvalue weighted by atomic mass is 16.5. The maximum absolute atomic E-state index is 8.87. The monoisotopic (exact) mass is 173 g/mol. The van der Waals surface area contributed by atoms with E-state index in [4.69, 9.17) is 9.84 Å². The van der Waals surface area contributed by atoms with Gasteiger partial charge in [0.2, 0.25) is 0 Å². The lowest BCUT2D eigenvalue weighted by atomic mass is 10.1. The van der Waals surface area contributed by atoms with E-state index in [1.54, 1.807) is 0 Å². The van der Waals surface area contributed by atoms with Gasteiger partial charge in [-0.1, -0.05) is 6.92 Å². The Labute approximate surface area is 74.3 Å². The molecular formula is C9H19NO2. The molecule has 3 heteroatoms. The van der Waals surface area contributed by atoms with Crippen LogP contribution in [0.1, 0.15) is 13.8 Å². The molecule has 1 rings (SSSR count). The predicted molar refractivity (Wildman–Crippen MR) is 48.1 cm³/mol. The molecule has 1 aliphatic rings. The van der Waals surface area contributed by atoms with Crippen LogP contribution in [0.5, 0.6) is 0 Å². The summed E-state index contributed by atoms with van der Waals surface area (Å²) in [6.07, 6.45) is 0.352. The standard InChI is InChI=1S/C9H19NO2/c1-8(7-11)5-10-3-4-12-9(2)6-10/h8-9,11H,3-7H2,1-2H3/t8?,9-/m0/s1. The zero-order valence-corrected chi connectivity index (χ0v) is 7.99. The Kier molecular flexibility index (Phi) is 3.98. The van der Waals surface area contributed by atoms with Crippen LogP contribution < -0.4 is 0 Å². The van der Waals surface area contributed by atoms with Crippen molar-refractivity contribution in [2.24, 2.45) is 5.92 Å². The van der Waals surface area contributed by atoms with Gasteiger partial charge in [-0.3, -0.25) is 4.90 Å². The van der Waals surface area contributed by atoms with E-state index >= 15 is 0 Å². The van der Waals surface area contributed by atoms with E-state index < -0.39 is 0 Å². The minimum absolute atomic E-state index is 0.283. The molecule has 0 aliphatic carbocycles. The minimum Gasteiger partial charge on any atom is -0.396 e. The zero-order chi connectivity index (χ0) is 8.97. The molecule has 0 bridgehead atoms. The number of aliphatic hydroxyl groups is 1. The van der Waals surface area contributed by atoms with Gasteiger partial charge in [0.15, 0.2) is 0 Å². The number of hydrogen-bond acceptors (Lipinski definition) is 3. The first kappa shape index (κ1) is 9.96. The molecule has 0 radical (unpaired) electrons. The summed E-state index contributed by atoms with van der Waals surface area (Å²) < 4.78 is 5.42. The average molecular weight is 173 g/mol. The van der Waals surface area contributed by atoms with Gasteiger partial charge in [0, 0.05) is 26.2 Å². The summed E-state index contributed by atoms with van der Waals surface area (Å²) in [5, 5.41) is 8.87. The van der Waals surface area contributed by atoms with Crippen LogP contribution in [0.25, 0.3) is 0 Å². The van der Waals surface area contributed by atoms with Gasteiger partial charge in [-0.15, -0.1) is 0 Å². The summed E-state index contributed by atoms with van der Waals surface area (Å²) >= 11 is 0. The van der Waals surface area contributed by atoms with E-state index in [0.29, 0.717) is 12.0 Å². The molecule has 1 heterocycles. The fraction of sp³-hybridized carbons (Fsp3) is 1.00. The largest absolute Gasteiger partial charge is 0.396 e. The Hall–Kier alpha value is -0.120. The third kappa shape index (κ3) is 3.09. The zero-order valence-electron chi connectivity index (χ0n) is 7.99. The maximum atomic E-state index is 8.87. The van der Waals surface area contributed by atoms with E-state index in [9.17, 15) is 0 Å². The molecular weight excluding hydrogens is 154 g/mol. The molecule has 1 saturated heterocycles. The number of morpholine rings is 1. The van der Waals surface area contributed by atoms with E-state index in [1.807, 2.05) is 0 Å². The quantitative estimate of drug-likeness (QED) is 0.668. The summed E-state index contributed by atoms with van der Waals surface area (Å²) in [4.78, 5) is 2.36. The fourth-order valence-corrected chi connectivity index (χ4v) is 1.55. The van der Waals surface area contributed by atoms with Crippen LogP contribution in [0.3, 0.4) is 0 Å². The second kappa shape index (κ2) is 4.80. The smallest absolute Gasteiger partial charge is 0.0674 e. The maximum Gasteiger partial charge on any atom is 0.0674 e. The number of ether oxygens (including phenoxy) is 1. The van der Waals surface area contributed by atoms with Crippen LogP contribution in [0.2, 0.25) is 0 Å². The van der Waals surface area contributed by atoms with Crippen molar-refractivity contribution in [2.75, 3.05) is 32.8 Å². The van der Waals surface area contributed by atoms with Crippen molar-refractivity contribution >= 4 is 0 Å². The molecule has 1 fully saturated rings. The Morgan fingerprint density at radius 3 is 3.00 bits per heavy atom. The van der Waals surface area contributed by atoms with Gasteiger partial charge in [0.25, 0.3) is 0 Å². The lowest BCUT2D eigenvalue weighted by Gasteiger charge is -2.32. The molecule has 12 heavy (non-hydrogen) atoms. The third-order valence-electron chi connectivity index (χ3n) is 2.21. The summed E-state index contributed by atoms with van der Waals surface area (Å²) in [5.74, 6) is 0.385. The molecule has 0 aromatic rings. The van der Waals surface area contributed by atoms with Crippen molar-refractivity contribution in [2.45, 2.75) is 20.0 Å². The lowest BCUT2D eigenvalue weighted by molar-refractivity contribution is -0.0246. The number of aliphatic hydroxyl groups excluding tert-OH is 1. The van der Waals surface area contributed by atoms with Gasteiger partial charge in [-0.25, -0.2) is 0 Å². The lowest BCUT2D eigenvalue weighted by Crippen LogP contribution is -2.43. The van der Waals surface area contributed by atoms with Crippen molar-refractivity contribution in [1.29, 1.82) is 0 Å². The molecule has 1 N–H and O–H groups in total. The van der Waals surface area contributed by atoms with E-state index in [1.165, 1.54) is 0 Å². The molecule has 0 saturated carbocycles. The highest BCUT2D eigenvalue weighted by molar-refractivity contribution is 4.69.